The molecule has 1 N–H and O–H groups in total. The van der Waals surface area contributed by atoms with Crippen LogP contribution < -0.4 is 0 Å². The van der Waals surface area contributed by atoms with E-state index in [1.807, 2.05) is 20.0 Å². The number of rotatable bonds is 4. The third-order valence-corrected chi connectivity index (χ3v) is 1.94. The van der Waals surface area contributed by atoms with Gasteiger partial charge in [0.05, 0.1) is 17.9 Å². The maximum absolute atomic E-state index is 10.4. The second-order valence-corrected chi connectivity index (χ2v) is 3.47. The van der Waals surface area contributed by atoms with E-state index < -0.39 is 5.97 Å². The Morgan fingerprint density at radius 1 is 1.71 bits per heavy atom. The Hall–Kier alpha value is -1.36. The first-order valence-electron chi connectivity index (χ1n) is 4.39. The Labute approximate surface area is 82.9 Å². The number of hydrogen-bond acceptors (Lipinski definition) is 3. The zero-order chi connectivity index (χ0) is 10.7. The molecule has 0 aromatic carbocycles. The van der Waals surface area contributed by atoms with Gasteiger partial charge in [0.2, 0.25) is 0 Å². The summed E-state index contributed by atoms with van der Waals surface area (Å²) in [5, 5.41) is 12.8. The van der Waals surface area contributed by atoms with Crippen LogP contribution in [-0.2, 0) is 18.4 Å². The maximum atomic E-state index is 10.4. The van der Waals surface area contributed by atoms with E-state index in [1.165, 1.54) is 0 Å². The minimum absolute atomic E-state index is 0.0459. The molecule has 0 saturated carbocycles. The van der Waals surface area contributed by atoms with Gasteiger partial charge >= 0.3 is 5.97 Å². The molecule has 1 rings (SSSR count). The number of nitrogens with zero attached hydrogens (tertiary/aromatic N) is 3. The van der Waals surface area contributed by atoms with Crippen LogP contribution in [0.25, 0.3) is 0 Å². The standard InChI is InChI=1S/C9H15N3O2/c1-7-4-8(12(3)10-7)5-11(2)6-9(13)14/h4H,5-6H2,1-3H3,(H,13,14). The highest BCUT2D eigenvalue weighted by molar-refractivity contribution is 5.68. The summed E-state index contributed by atoms with van der Waals surface area (Å²) >= 11 is 0. The van der Waals surface area contributed by atoms with E-state index in [0.29, 0.717) is 6.54 Å². The first-order chi connectivity index (χ1) is 6.49. The first kappa shape index (κ1) is 10.7. The Kier molecular flexibility index (Phi) is 3.24. The van der Waals surface area contributed by atoms with E-state index in [2.05, 4.69) is 5.10 Å². The lowest BCUT2D eigenvalue weighted by Gasteiger charge is -2.13. The van der Waals surface area contributed by atoms with E-state index in [0.717, 1.165) is 11.4 Å². The van der Waals surface area contributed by atoms with Crippen molar-refractivity contribution in [1.82, 2.24) is 14.7 Å². The molecular weight excluding hydrogens is 182 g/mol. The van der Waals surface area contributed by atoms with Gasteiger partial charge in [-0.15, -0.1) is 0 Å². The summed E-state index contributed by atoms with van der Waals surface area (Å²) < 4.78 is 1.77. The fourth-order valence-electron chi connectivity index (χ4n) is 1.38. The monoisotopic (exact) mass is 197 g/mol. The predicted molar refractivity (Wildman–Crippen MR) is 51.9 cm³/mol. The van der Waals surface area contributed by atoms with Crippen molar-refractivity contribution < 1.29 is 9.90 Å². The van der Waals surface area contributed by atoms with Crippen LogP contribution in [0.3, 0.4) is 0 Å². The number of carbonyl (C=O) groups is 1. The van der Waals surface area contributed by atoms with Crippen LogP contribution in [0, 0.1) is 6.92 Å². The van der Waals surface area contributed by atoms with Crippen LogP contribution in [0.2, 0.25) is 0 Å². The van der Waals surface area contributed by atoms with Crippen molar-refractivity contribution in [1.29, 1.82) is 0 Å². The lowest BCUT2D eigenvalue weighted by Crippen LogP contribution is -2.26. The lowest BCUT2D eigenvalue weighted by atomic mass is 10.3. The highest BCUT2D eigenvalue weighted by Crippen LogP contribution is 2.04. The summed E-state index contributed by atoms with van der Waals surface area (Å²) in [5.41, 5.74) is 1.97. The van der Waals surface area contributed by atoms with Crippen molar-refractivity contribution in [2.75, 3.05) is 13.6 Å². The minimum Gasteiger partial charge on any atom is -0.480 e. The SMILES string of the molecule is Cc1cc(CN(C)CC(=O)O)n(C)n1. The molecule has 1 aromatic rings. The van der Waals surface area contributed by atoms with Crippen molar-refractivity contribution in [3.8, 4) is 0 Å². The molecule has 0 spiro atoms. The Morgan fingerprint density at radius 3 is 2.79 bits per heavy atom. The predicted octanol–water partition coefficient (Wildman–Crippen LogP) is 0.245. The number of carboxylic acids is 1. The van der Waals surface area contributed by atoms with E-state index in [1.54, 1.807) is 16.6 Å². The van der Waals surface area contributed by atoms with Gasteiger partial charge < -0.3 is 5.11 Å². The van der Waals surface area contributed by atoms with Crippen molar-refractivity contribution in [2.24, 2.45) is 7.05 Å². The molecule has 78 valence electrons. The van der Waals surface area contributed by atoms with Gasteiger partial charge in [0, 0.05) is 13.6 Å². The third-order valence-electron chi connectivity index (χ3n) is 1.94. The quantitative estimate of drug-likeness (QED) is 0.751. The summed E-state index contributed by atoms with van der Waals surface area (Å²) in [6.07, 6.45) is 0. The first-order valence-corrected chi connectivity index (χ1v) is 4.39. The number of aliphatic carboxylic acids is 1. The van der Waals surface area contributed by atoms with Gasteiger partial charge in [-0.05, 0) is 20.0 Å². The van der Waals surface area contributed by atoms with Crippen molar-refractivity contribution in [3.05, 3.63) is 17.5 Å². The van der Waals surface area contributed by atoms with Gasteiger partial charge in [0.25, 0.3) is 0 Å². The molecule has 5 nitrogen and oxygen atoms in total. The summed E-state index contributed by atoms with van der Waals surface area (Å²) in [7, 11) is 3.63. The third kappa shape index (κ3) is 2.85. The second kappa shape index (κ2) is 4.23. The molecule has 1 aromatic heterocycles. The number of aryl methyl sites for hydroxylation is 2. The average molecular weight is 197 g/mol. The van der Waals surface area contributed by atoms with Gasteiger partial charge in [-0.25, -0.2) is 0 Å². The molecule has 0 fully saturated rings. The molecule has 0 saturated heterocycles. The Morgan fingerprint density at radius 2 is 2.36 bits per heavy atom. The Bertz CT molecular complexity index is 333. The van der Waals surface area contributed by atoms with Crippen molar-refractivity contribution >= 4 is 5.97 Å². The van der Waals surface area contributed by atoms with E-state index in [4.69, 9.17) is 5.11 Å². The molecule has 5 heteroatoms. The molecule has 0 bridgehead atoms. The van der Waals surface area contributed by atoms with Gasteiger partial charge in [-0.3, -0.25) is 14.4 Å². The van der Waals surface area contributed by atoms with Crippen LogP contribution in [0.4, 0.5) is 0 Å². The van der Waals surface area contributed by atoms with E-state index >= 15 is 0 Å². The zero-order valence-electron chi connectivity index (χ0n) is 8.69. The van der Waals surface area contributed by atoms with Gasteiger partial charge in [-0.2, -0.15) is 5.10 Å². The van der Waals surface area contributed by atoms with Crippen molar-refractivity contribution in [2.45, 2.75) is 13.5 Å². The average Bonchev–Trinajstić information content (AvgIpc) is 2.28. The molecule has 0 atom stereocenters. The molecule has 1 heterocycles. The molecule has 0 amide bonds. The number of likely N-dealkylation sites (N-methyl/N-ethyl adjacent to an activating group) is 1. The van der Waals surface area contributed by atoms with Crippen LogP contribution in [0.15, 0.2) is 6.07 Å². The van der Waals surface area contributed by atoms with Crippen LogP contribution in [-0.4, -0.2) is 39.3 Å². The van der Waals surface area contributed by atoms with Crippen molar-refractivity contribution in [3.63, 3.8) is 0 Å². The Balaban J connectivity index is 2.59. The topological polar surface area (TPSA) is 58.4 Å². The normalized spacial score (nSPS) is 10.9. The molecule has 0 radical (unpaired) electrons. The molecule has 0 aliphatic carbocycles. The number of aromatic nitrogens is 2. The summed E-state index contributed by atoms with van der Waals surface area (Å²) in [6.45, 7) is 2.56. The largest absolute Gasteiger partial charge is 0.480 e. The molecule has 0 aliphatic rings. The molecule has 14 heavy (non-hydrogen) atoms. The van der Waals surface area contributed by atoms with Crippen LogP contribution in [0.5, 0.6) is 0 Å². The highest BCUT2D eigenvalue weighted by atomic mass is 16.4. The zero-order valence-corrected chi connectivity index (χ0v) is 8.69. The van der Waals surface area contributed by atoms with Crippen LogP contribution in [0.1, 0.15) is 11.4 Å². The second-order valence-electron chi connectivity index (χ2n) is 3.47. The molecular formula is C9H15N3O2. The minimum atomic E-state index is -0.814. The summed E-state index contributed by atoms with van der Waals surface area (Å²) in [4.78, 5) is 12.2. The number of carboxylic acid groups (broad SMARTS) is 1. The summed E-state index contributed by atoms with van der Waals surface area (Å²) in [6, 6.07) is 1.96. The van der Waals surface area contributed by atoms with E-state index in [9.17, 15) is 4.79 Å². The molecule has 0 aliphatic heterocycles. The summed E-state index contributed by atoms with van der Waals surface area (Å²) in [5.74, 6) is -0.814. The van der Waals surface area contributed by atoms with Crippen LogP contribution >= 0.6 is 0 Å². The lowest BCUT2D eigenvalue weighted by molar-refractivity contribution is -0.138. The highest BCUT2D eigenvalue weighted by Gasteiger charge is 2.08. The fraction of sp³-hybridized carbons (Fsp3) is 0.556. The number of hydrogen-bond donors (Lipinski definition) is 1. The van der Waals surface area contributed by atoms with Gasteiger partial charge in [-0.1, -0.05) is 0 Å². The van der Waals surface area contributed by atoms with Gasteiger partial charge in [0.1, 0.15) is 0 Å². The molecule has 0 unspecified atom stereocenters. The van der Waals surface area contributed by atoms with E-state index in [-0.39, 0.29) is 6.54 Å². The smallest absolute Gasteiger partial charge is 0.317 e. The fourth-order valence-corrected chi connectivity index (χ4v) is 1.38. The van der Waals surface area contributed by atoms with Gasteiger partial charge in [0.15, 0.2) is 0 Å². The maximum Gasteiger partial charge on any atom is 0.317 e.